The van der Waals surface area contributed by atoms with E-state index in [2.05, 4.69) is 0 Å². The summed E-state index contributed by atoms with van der Waals surface area (Å²) in [6.07, 6.45) is 3.00. The number of hydrogen-bond acceptors (Lipinski definition) is 7. The number of carbonyl (C=O) groups is 1. The van der Waals surface area contributed by atoms with Crippen molar-refractivity contribution in [2.45, 2.75) is 24.4 Å². The van der Waals surface area contributed by atoms with E-state index in [1.54, 1.807) is 41.2 Å². The van der Waals surface area contributed by atoms with Crippen LogP contribution in [0.2, 0.25) is 0 Å². The van der Waals surface area contributed by atoms with E-state index in [1.165, 1.54) is 23.7 Å². The molecule has 0 atom stereocenters. The molecule has 5 rings (SSSR count). The van der Waals surface area contributed by atoms with Crippen LogP contribution in [0.15, 0.2) is 58.5 Å². The number of rotatable bonds is 7. The lowest BCUT2D eigenvalue weighted by atomic mass is 10.1. The first-order valence-electron chi connectivity index (χ1n) is 10.6. The van der Waals surface area contributed by atoms with Crippen molar-refractivity contribution in [1.29, 1.82) is 0 Å². The van der Waals surface area contributed by atoms with Crippen LogP contribution in [0.3, 0.4) is 0 Å². The third-order valence-electron chi connectivity index (χ3n) is 5.76. The van der Waals surface area contributed by atoms with Gasteiger partial charge in [-0.15, -0.1) is 11.3 Å². The van der Waals surface area contributed by atoms with Gasteiger partial charge in [-0.3, -0.25) is 14.2 Å². The Kier molecular flexibility index (Phi) is 5.95. The summed E-state index contributed by atoms with van der Waals surface area (Å²) in [6.45, 7) is 0. The normalized spacial score (nSPS) is 12.7. The molecule has 0 spiro atoms. The number of thioether (sulfide) groups is 1. The minimum absolute atomic E-state index is 0.0633. The lowest BCUT2D eigenvalue weighted by Crippen LogP contribution is -2.22. The standard InChI is InChI=1S/C25H22N2O4S2/c1-30-19-12-11-15(13-20(19)31-2)18(28)14-32-25-26-23-22(17-9-6-10-21(17)33-23)24(29)27(25)16-7-4-3-5-8-16/h3-5,7-8,11-13H,6,9-10,14H2,1-2H3. The molecule has 1 aliphatic rings. The number of aromatic nitrogens is 2. The molecule has 0 amide bonds. The summed E-state index contributed by atoms with van der Waals surface area (Å²) in [7, 11) is 3.09. The highest BCUT2D eigenvalue weighted by Gasteiger charge is 2.24. The van der Waals surface area contributed by atoms with Gasteiger partial charge in [0, 0.05) is 10.4 Å². The first-order valence-corrected chi connectivity index (χ1v) is 12.4. The number of carbonyl (C=O) groups excluding carboxylic acids is 1. The molecular formula is C25H22N2O4S2. The van der Waals surface area contributed by atoms with Crippen LogP contribution in [0.4, 0.5) is 0 Å². The van der Waals surface area contributed by atoms with Gasteiger partial charge in [0.15, 0.2) is 22.4 Å². The predicted molar refractivity (Wildman–Crippen MR) is 132 cm³/mol. The largest absolute Gasteiger partial charge is 0.493 e. The van der Waals surface area contributed by atoms with Gasteiger partial charge in [0.25, 0.3) is 5.56 Å². The average Bonchev–Trinajstić information content (AvgIpc) is 3.43. The predicted octanol–water partition coefficient (Wildman–Crippen LogP) is 4.93. The number of ether oxygens (including phenoxy) is 2. The van der Waals surface area contributed by atoms with Crippen molar-refractivity contribution < 1.29 is 14.3 Å². The lowest BCUT2D eigenvalue weighted by molar-refractivity contribution is 0.102. The summed E-state index contributed by atoms with van der Waals surface area (Å²) in [5, 5.41) is 1.25. The quantitative estimate of drug-likeness (QED) is 0.213. The van der Waals surface area contributed by atoms with Crippen molar-refractivity contribution in [1.82, 2.24) is 9.55 Å². The molecule has 0 radical (unpaired) electrons. The highest BCUT2D eigenvalue weighted by Crippen LogP contribution is 2.36. The number of fused-ring (bicyclic) bond motifs is 3. The maximum absolute atomic E-state index is 13.6. The van der Waals surface area contributed by atoms with Crippen molar-refractivity contribution in [3.63, 3.8) is 0 Å². The number of hydrogen-bond donors (Lipinski definition) is 0. The molecule has 2 aromatic carbocycles. The number of Topliss-reactive ketones (excluding diaryl/α,β-unsaturated/α-hetero) is 1. The molecule has 6 nitrogen and oxygen atoms in total. The van der Waals surface area contributed by atoms with Gasteiger partial charge >= 0.3 is 0 Å². The van der Waals surface area contributed by atoms with Crippen molar-refractivity contribution in [3.8, 4) is 17.2 Å². The van der Waals surface area contributed by atoms with Gasteiger partial charge in [-0.1, -0.05) is 30.0 Å². The first-order chi connectivity index (χ1) is 16.1. The second-order valence-electron chi connectivity index (χ2n) is 7.69. The van der Waals surface area contributed by atoms with E-state index in [9.17, 15) is 9.59 Å². The van der Waals surface area contributed by atoms with Crippen LogP contribution in [-0.2, 0) is 12.8 Å². The van der Waals surface area contributed by atoms with Crippen LogP contribution in [-0.4, -0.2) is 35.3 Å². The molecule has 0 aliphatic heterocycles. The van der Waals surface area contributed by atoms with Gasteiger partial charge in [-0.25, -0.2) is 4.98 Å². The number of ketones is 1. The van der Waals surface area contributed by atoms with Crippen LogP contribution >= 0.6 is 23.1 Å². The highest BCUT2D eigenvalue weighted by molar-refractivity contribution is 7.99. The molecule has 1 aliphatic carbocycles. The van der Waals surface area contributed by atoms with Gasteiger partial charge in [-0.05, 0) is 55.2 Å². The Morgan fingerprint density at radius 1 is 1.09 bits per heavy atom. The molecule has 0 unspecified atom stereocenters. The second-order valence-corrected chi connectivity index (χ2v) is 9.72. The van der Waals surface area contributed by atoms with E-state index in [0.717, 1.165) is 40.7 Å². The summed E-state index contributed by atoms with van der Waals surface area (Å²) < 4.78 is 12.2. The van der Waals surface area contributed by atoms with Crippen LogP contribution in [0.1, 0.15) is 27.2 Å². The molecule has 2 heterocycles. The van der Waals surface area contributed by atoms with Gasteiger partial charge in [0.1, 0.15) is 4.83 Å². The smallest absolute Gasteiger partial charge is 0.267 e. The molecule has 4 aromatic rings. The Labute approximate surface area is 199 Å². The minimum Gasteiger partial charge on any atom is -0.493 e. The molecule has 0 saturated heterocycles. The molecule has 0 fully saturated rings. The Balaban J connectivity index is 1.53. The number of benzene rings is 2. The number of para-hydroxylation sites is 1. The van der Waals surface area contributed by atoms with Crippen molar-refractivity contribution in [3.05, 3.63) is 74.9 Å². The Morgan fingerprint density at radius 2 is 1.88 bits per heavy atom. The molecule has 0 bridgehead atoms. The fourth-order valence-corrected chi connectivity index (χ4v) is 6.36. The van der Waals surface area contributed by atoms with Gasteiger partial charge in [-0.2, -0.15) is 0 Å². The van der Waals surface area contributed by atoms with Crippen molar-refractivity contribution in [2.75, 3.05) is 20.0 Å². The number of methoxy groups -OCH3 is 2. The lowest BCUT2D eigenvalue weighted by Gasteiger charge is -2.13. The third-order valence-corrected chi connectivity index (χ3v) is 7.88. The summed E-state index contributed by atoms with van der Waals surface area (Å²) in [5.74, 6) is 1.13. The van der Waals surface area contributed by atoms with Gasteiger partial charge in [0.2, 0.25) is 0 Å². The van der Waals surface area contributed by atoms with E-state index < -0.39 is 0 Å². The first kappa shape index (κ1) is 21.7. The summed E-state index contributed by atoms with van der Waals surface area (Å²) in [5.41, 5.74) is 2.35. The zero-order chi connectivity index (χ0) is 22.9. The number of thiophene rings is 1. The molecule has 168 valence electrons. The van der Waals surface area contributed by atoms with Crippen LogP contribution in [0.5, 0.6) is 11.5 Å². The Morgan fingerprint density at radius 3 is 2.64 bits per heavy atom. The maximum atomic E-state index is 13.6. The number of nitrogens with zero attached hydrogens (tertiary/aromatic N) is 2. The third kappa shape index (κ3) is 3.94. The fourth-order valence-electron chi connectivity index (χ4n) is 4.15. The zero-order valence-corrected chi connectivity index (χ0v) is 19.9. The van der Waals surface area contributed by atoms with Crippen LogP contribution in [0, 0.1) is 0 Å². The molecule has 0 N–H and O–H groups in total. The van der Waals surface area contributed by atoms with E-state index in [1.807, 2.05) is 30.3 Å². The van der Waals surface area contributed by atoms with Gasteiger partial charge < -0.3 is 9.47 Å². The summed E-state index contributed by atoms with van der Waals surface area (Å²) >= 11 is 2.88. The Hall–Kier alpha value is -3.10. The van der Waals surface area contributed by atoms with Crippen molar-refractivity contribution >= 4 is 39.1 Å². The minimum atomic E-state index is -0.0800. The topological polar surface area (TPSA) is 70.4 Å². The zero-order valence-electron chi connectivity index (χ0n) is 18.3. The molecule has 33 heavy (non-hydrogen) atoms. The van der Waals surface area contributed by atoms with Crippen LogP contribution < -0.4 is 15.0 Å². The second kappa shape index (κ2) is 9.03. The maximum Gasteiger partial charge on any atom is 0.267 e. The molecule has 8 heteroatoms. The van der Waals surface area contributed by atoms with E-state index in [4.69, 9.17) is 14.5 Å². The van der Waals surface area contributed by atoms with E-state index in [-0.39, 0.29) is 17.1 Å². The molecular weight excluding hydrogens is 456 g/mol. The molecule has 2 aromatic heterocycles. The monoisotopic (exact) mass is 478 g/mol. The Bertz CT molecular complexity index is 1410. The number of aryl methyl sites for hydroxylation is 2. The fraction of sp³-hybridized carbons (Fsp3) is 0.240. The van der Waals surface area contributed by atoms with Gasteiger partial charge in [0.05, 0.1) is 31.0 Å². The summed E-state index contributed by atoms with van der Waals surface area (Å²) in [4.78, 5) is 33.5. The van der Waals surface area contributed by atoms with Crippen molar-refractivity contribution in [2.24, 2.45) is 0 Å². The highest BCUT2D eigenvalue weighted by atomic mass is 32.2. The summed E-state index contributed by atoms with van der Waals surface area (Å²) in [6, 6.07) is 14.6. The average molecular weight is 479 g/mol. The van der Waals surface area contributed by atoms with E-state index >= 15 is 0 Å². The SMILES string of the molecule is COc1ccc(C(=O)CSc2nc3sc4c(c3c(=O)n2-c2ccccc2)CCC4)cc1OC. The van der Waals surface area contributed by atoms with Crippen LogP contribution in [0.25, 0.3) is 15.9 Å². The van der Waals surface area contributed by atoms with E-state index in [0.29, 0.717) is 22.2 Å². The molecule has 0 saturated carbocycles.